The van der Waals surface area contributed by atoms with E-state index < -0.39 is 0 Å². The van der Waals surface area contributed by atoms with Crippen LogP contribution in [0.15, 0.2) is 42.5 Å². The molecular weight excluding hydrogens is 354 g/mol. The van der Waals surface area contributed by atoms with E-state index in [9.17, 15) is 0 Å². The lowest BCUT2D eigenvalue weighted by molar-refractivity contribution is 0.0679. The lowest BCUT2D eigenvalue weighted by Gasteiger charge is -2.25. The number of benzene rings is 2. The summed E-state index contributed by atoms with van der Waals surface area (Å²) in [5, 5.41) is 0. The SMILES string of the molecule is C#CCOc1ccc(CN(Cc2ccc3c(c2)OCO3)CC2CCCO2)cc1. The van der Waals surface area contributed by atoms with Gasteiger partial charge >= 0.3 is 0 Å². The van der Waals surface area contributed by atoms with Crippen molar-refractivity contribution in [1.82, 2.24) is 4.90 Å². The third-order valence-electron chi connectivity index (χ3n) is 4.98. The molecule has 2 heterocycles. The van der Waals surface area contributed by atoms with Crippen molar-refractivity contribution in [2.24, 2.45) is 0 Å². The maximum absolute atomic E-state index is 5.87. The summed E-state index contributed by atoms with van der Waals surface area (Å²) in [4.78, 5) is 2.42. The van der Waals surface area contributed by atoms with Gasteiger partial charge in [-0.15, -0.1) is 6.42 Å². The second-order valence-electron chi connectivity index (χ2n) is 7.13. The van der Waals surface area contributed by atoms with E-state index in [1.165, 1.54) is 11.1 Å². The molecule has 4 rings (SSSR count). The van der Waals surface area contributed by atoms with Crippen molar-refractivity contribution in [1.29, 1.82) is 0 Å². The largest absolute Gasteiger partial charge is 0.481 e. The summed E-state index contributed by atoms with van der Waals surface area (Å²) >= 11 is 0. The van der Waals surface area contributed by atoms with Crippen LogP contribution in [0.5, 0.6) is 17.2 Å². The maximum atomic E-state index is 5.87. The van der Waals surface area contributed by atoms with E-state index >= 15 is 0 Å². The fourth-order valence-corrected chi connectivity index (χ4v) is 3.63. The van der Waals surface area contributed by atoms with Crippen LogP contribution in [0.4, 0.5) is 0 Å². The van der Waals surface area contributed by atoms with Gasteiger partial charge in [0.2, 0.25) is 6.79 Å². The molecular formula is C23H25NO4. The summed E-state index contributed by atoms with van der Waals surface area (Å²) in [7, 11) is 0. The first kappa shape index (κ1) is 18.7. The number of hydrogen-bond acceptors (Lipinski definition) is 5. The standard InChI is InChI=1S/C23H25NO4/c1-2-11-25-20-8-5-18(6-9-20)14-24(16-21-4-3-12-26-21)15-19-7-10-22-23(13-19)28-17-27-22/h1,5-10,13,21H,3-4,11-12,14-17H2. The topological polar surface area (TPSA) is 40.2 Å². The summed E-state index contributed by atoms with van der Waals surface area (Å²) < 4.78 is 22.3. The molecule has 1 saturated heterocycles. The lowest BCUT2D eigenvalue weighted by Crippen LogP contribution is -2.31. The quantitative estimate of drug-likeness (QED) is 0.656. The molecule has 0 radical (unpaired) electrons. The summed E-state index contributed by atoms with van der Waals surface area (Å²) in [5.74, 6) is 4.92. The minimum Gasteiger partial charge on any atom is -0.481 e. The Morgan fingerprint density at radius 2 is 1.82 bits per heavy atom. The molecule has 2 aromatic rings. The molecule has 0 aromatic heterocycles. The number of ether oxygens (including phenoxy) is 4. The monoisotopic (exact) mass is 379 g/mol. The third kappa shape index (κ3) is 4.78. The summed E-state index contributed by atoms with van der Waals surface area (Å²) in [6.45, 7) is 4.02. The predicted molar refractivity (Wildman–Crippen MR) is 106 cm³/mol. The van der Waals surface area contributed by atoms with Gasteiger partial charge < -0.3 is 18.9 Å². The highest BCUT2D eigenvalue weighted by molar-refractivity contribution is 5.44. The van der Waals surface area contributed by atoms with Crippen molar-refractivity contribution in [2.45, 2.75) is 32.0 Å². The van der Waals surface area contributed by atoms with E-state index in [1.807, 2.05) is 18.2 Å². The van der Waals surface area contributed by atoms with Crippen LogP contribution in [0.2, 0.25) is 0 Å². The van der Waals surface area contributed by atoms with Gasteiger partial charge in [-0.05, 0) is 48.2 Å². The lowest BCUT2D eigenvalue weighted by atomic mass is 10.1. The minimum absolute atomic E-state index is 0.286. The maximum Gasteiger partial charge on any atom is 0.231 e. The molecule has 2 aliphatic heterocycles. The van der Waals surface area contributed by atoms with E-state index in [1.54, 1.807) is 0 Å². The van der Waals surface area contributed by atoms with Gasteiger partial charge in [0.05, 0.1) is 6.10 Å². The number of nitrogens with zero attached hydrogens (tertiary/aromatic N) is 1. The van der Waals surface area contributed by atoms with Crippen molar-refractivity contribution in [2.75, 3.05) is 26.6 Å². The molecule has 28 heavy (non-hydrogen) atoms. The van der Waals surface area contributed by atoms with Gasteiger partial charge in [0.15, 0.2) is 11.5 Å². The predicted octanol–water partition coefficient (Wildman–Crippen LogP) is 3.61. The highest BCUT2D eigenvalue weighted by Gasteiger charge is 2.21. The summed E-state index contributed by atoms with van der Waals surface area (Å²) in [5.41, 5.74) is 2.43. The Morgan fingerprint density at radius 3 is 2.61 bits per heavy atom. The van der Waals surface area contributed by atoms with Gasteiger partial charge in [0.25, 0.3) is 0 Å². The van der Waals surface area contributed by atoms with Gasteiger partial charge in [-0.1, -0.05) is 24.1 Å². The first-order valence-electron chi connectivity index (χ1n) is 9.68. The number of fused-ring (bicyclic) bond motifs is 1. The van der Waals surface area contributed by atoms with Crippen molar-refractivity contribution in [3.8, 4) is 29.6 Å². The number of rotatable bonds is 8. The zero-order valence-corrected chi connectivity index (χ0v) is 15.9. The molecule has 0 saturated carbocycles. The molecule has 2 aromatic carbocycles. The second-order valence-corrected chi connectivity index (χ2v) is 7.13. The van der Waals surface area contributed by atoms with Gasteiger partial charge in [0, 0.05) is 26.2 Å². The van der Waals surface area contributed by atoms with Crippen molar-refractivity contribution in [3.05, 3.63) is 53.6 Å². The molecule has 0 amide bonds. The average Bonchev–Trinajstić information content (AvgIpc) is 3.39. The minimum atomic E-state index is 0.286. The normalized spacial score (nSPS) is 17.6. The molecule has 0 bridgehead atoms. The van der Waals surface area contributed by atoms with Crippen LogP contribution in [-0.4, -0.2) is 37.6 Å². The van der Waals surface area contributed by atoms with Crippen molar-refractivity contribution in [3.63, 3.8) is 0 Å². The van der Waals surface area contributed by atoms with Crippen LogP contribution in [0, 0.1) is 12.3 Å². The van der Waals surface area contributed by atoms with Gasteiger partial charge in [-0.2, -0.15) is 0 Å². The Bertz CT molecular complexity index is 821. The van der Waals surface area contributed by atoms with Crippen molar-refractivity contribution >= 4 is 0 Å². The molecule has 1 unspecified atom stereocenters. The second kappa shape index (κ2) is 9.01. The van der Waals surface area contributed by atoms with E-state index in [-0.39, 0.29) is 6.61 Å². The fourth-order valence-electron chi connectivity index (χ4n) is 3.63. The highest BCUT2D eigenvalue weighted by atomic mass is 16.7. The van der Waals surface area contributed by atoms with Crippen LogP contribution < -0.4 is 14.2 Å². The Balaban J connectivity index is 1.44. The molecule has 0 aliphatic carbocycles. The Hall–Kier alpha value is -2.68. The zero-order chi connectivity index (χ0) is 19.2. The highest BCUT2D eigenvalue weighted by Crippen LogP contribution is 2.33. The first-order valence-corrected chi connectivity index (χ1v) is 9.68. The Labute approximate surface area is 166 Å². The molecule has 1 fully saturated rings. The van der Waals surface area contributed by atoms with Crippen LogP contribution in [0.1, 0.15) is 24.0 Å². The Morgan fingerprint density at radius 1 is 1.04 bits per heavy atom. The summed E-state index contributed by atoms with van der Waals surface area (Å²) in [6.07, 6.45) is 7.81. The molecule has 146 valence electrons. The van der Waals surface area contributed by atoms with Gasteiger partial charge in [0.1, 0.15) is 12.4 Å². The third-order valence-corrected chi connectivity index (χ3v) is 4.98. The van der Waals surface area contributed by atoms with E-state index in [2.05, 4.69) is 35.1 Å². The first-order chi connectivity index (χ1) is 13.8. The van der Waals surface area contributed by atoms with E-state index in [0.29, 0.717) is 12.9 Å². The zero-order valence-electron chi connectivity index (χ0n) is 15.9. The van der Waals surface area contributed by atoms with E-state index in [0.717, 1.165) is 56.3 Å². The fraction of sp³-hybridized carbons (Fsp3) is 0.391. The molecule has 2 aliphatic rings. The average molecular weight is 379 g/mol. The van der Waals surface area contributed by atoms with E-state index in [4.69, 9.17) is 25.4 Å². The van der Waals surface area contributed by atoms with Gasteiger partial charge in [-0.3, -0.25) is 4.90 Å². The number of hydrogen-bond donors (Lipinski definition) is 0. The van der Waals surface area contributed by atoms with Crippen LogP contribution in [0.3, 0.4) is 0 Å². The molecule has 0 N–H and O–H groups in total. The van der Waals surface area contributed by atoms with Crippen molar-refractivity contribution < 1.29 is 18.9 Å². The smallest absolute Gasteiger partial charge is 0.231 e. The van der Waals surface area contributed by atoms with Crippen LogP contribution in [-0.2, 0) is 17.8 Å². The molecule has 5 nitrogen and oxygen atoms in total. The number of terminal acetylenes is 1. The Kier molecular flexibility index (Phi) is 6.01. The molecule has 0 spiro atoms. The molecule has 1 atom stereocenters. The molecule has 5 heteroatoms. The van der Waals surface area contributed by atoms with Crippen LogP contribution >= 0.6 is 0 Å². The summed E-state index contributed by atoms with van der Waals surface area (Å²) in [6, 6.07) is 14.3. The van der Waals surface area contributed by atoms with Gasteiger partial charge in [-0.25, -0.2) is 0 Å². The van der Waals surface area contributed by atoms with Crippen LogP contribution in [0.25, 0.3) is 0 Å².